The zero-order valence-corrected chi connectivity index (χ0v) is 25.1. The molecule has 0 saturated carbocycles. The molecule has 7 heteroatoms. The standard InChI is InChI=1S/2C11H22O2S.2CH3.Sn/c2*1-2-3-4-5-6-7-8-9-10(14)11(12)13;;;/h2*10,14H,2-9H2,1H3,(H,12,13);2*1H3;/q;;;;+2/p-2. The molecule has 0 aliphatic carbocycles. The maximum absolute atomic E-state index is 10.3. The molecular formula is C24H48O4S2Sn. The number of aliphatic carboxylic acids is 2. The molecule has 0 radical (unpaired) electrons. The molecule has 0 fully saturated rings. The monoisotopic (exact) mass is 584 g/mol. The molecule has 0 aromatic heterocycles. The maximum atomic E-state index is 10.3. The van der Waals surface area contributed by atoms with E-state index in [0.717, 1.165) is 25.7 Å². The third-order valence-corrected chi connectivity index (χ3v) is 5.64. The fraction of sp³-hybridized carbons (Fsp3) is 0.917. The molecule has 0 heterocycles. The fourth-order valence-corrected chi connectivity index (χ4v) is 3.19. The molecule has 4 nitrogen and oxygen atoms in total. The van der Waals surface area contributed by atoms with Gasteiger partial charge in [-0.3, -0.25) is 0 Å². The Morgan fingerprint density at radius 1 is 0.613 bits per heavy atom. The van der Waals surface area contributed by atoms with E-state index in [2.05, 4.69) is 49.0 Å². The molecule has 0 aliphatic heterocycles. The Labute approximate surface area is 214 Å². The van der Waals surface area contributed by atoms with Gasteiger partial charge in [0.2, 0.25) is 0 Å². The van der Waals surface area contributed by atoms with Crippen LogP contribution in [0.15, 0.2) is 0 Å². The second-order valence-electron chi connectivity index (χ2n) is 7.99. The van der Waals surface area contributed by atoms with Crippen LogP contribution in [-0.4, -0.2) is 43.6 Å². The number of carboxylic acids is 2. The number of rotatable bonds is 18. The number of carboxylic acid groups (broad SMARTS) is 2. The summed E-state index contributed by atoms with van der Waals surface area (Å²) in [6.45, 7) is 4.40. The van der Waals surface area contributed by atoms with Gasteiger partial charge in [-0.25, -0.2) is 0 Å². The average Bonchev–Trinajstić information content (AvgIpc) is 2.73. The van der Waals surface area contributed by atoms with Crippen LogP contribution in [0, 0.1) is 0 Å². The van der Waals surface area contributed by atoms with Crippen molar-refractivity contribution in [1.29, 1.82) is 0 Å². The summed E-state index contributed by atoms with van der Waals surface area (Å²) >= 11 is 8.07. The van der Waals surface area contributed by atoms with E-state index in [1.54, 1.807) is 0 Å². The summed E-state index contributed by atoms with van der Waals surface area (Å²) in [7, 11) is 0. The summed E-state index contributed by atoms with van der Waals surface area (Å²) in [4.78, 5) is 25.2. The Morgan fingerprint density at radius 3 is 1.06 bits per heavy atom. The van der Waals surface area contributed by atoms with Gasteiger partial charge < -0.3 is 19.8 Å². The Morgan fingerprint density at radius 2 is 0.839 bits per heavy atom. The van der Waals surface area contributed by atoms with E-state index in [1.807, 2.05) is 0 Å². The Balaban J connectivity index is -0.000000448. The summed E-state index contributed by atoms with van der Waals surface area (Å²) < 4.78 is 0. The van der Waals surface area contributed by atoms with E-state index in [-0.39, 0.29) is 21.1 Å². The molecule has 0 aromatic carbocycles. The molecule has 0 spiro atoms. The number of hydrogen-bond acceptors (Lipinski definition) is 6. The third-order valence-electron chi connectivity index (χ3n) is 4.71. The number of carbonyl (C=O) groups excluding carboxylic acids is 2. The zero-order valence-electron chi connectivity index (χ0n) is 20.5. The molecule has 184 valence electrons. The van der Waals surface area contributed by atoms with Gasteiger partial charge in [0, 0.05) is 10.5 Å². The average molecular weight is 583 g/mol. The summed E-state index contributed by atoms with van der Waals surface area (Å²) in [5.41, 5.74) is 0. The van der Waals surface area contributed by atoms with Gasteiger partial charge in [0.1, 0.15) is 0 Å². The summed E-state index contributed by atoms with van der Waals surface area (Å²) in [6.07, 6.45) is 18.2. The molecular weight excluding hydrogens is 535 g/mol. The van der Waals surface area contributed by atoms with E-state index >= 15 is 0 Å². The molecule has 0 N–H and O–H groups in total. The van der Waals surface area contributed by atoms with Crippen LogP contribution in [0.1, 0.15) is 117 Å². The molecule has 0 aliphatic rings. The topological polar surface area (TPSA) is 80.3 Å². The van der Waals surface area contributed by atoms with Gasteiger partial charge in [0.05, 0.1) is 11.9 Å². The first-order valence-corrected chi connectivity index (χ1v) is 18.9. The van der Waals surface area contributed by atoms with Crippen LogP contribution in [0.2, 0.25) is 9.88 Å². The third kappa shape index (κ3) is 35.2. The van der Waals surface area contributed by atoms with Gasteiger partial charge in [0.15, 0.2) is 0 Å². The number of thiol groups is 2. The second kappa shape index (κ2) is 30.4. The SMILES string of the molecule is CCCCCCCCCC(S)C(=O)[O-].CCCCCCCCCC(S)C(=O)[O-].[CH3][Sn+2][CH3]. The Bertz CT molecular complexity index is 351. The summed E-state index contributed by atoms with van der Waals surface area (Å²) in [5, 5.41) is 19.5. The van der Waals surface area contributed by atoms with E-state index < -0.39 is 22.4 Å². The number of carbonyl (C=O) groups is 2. The van der Waals surface area contributed by atoms with Crippen LogP contribution in [0.3, 0.4) is 0 Å². The van der Waals surface area contributed by atoms with Crippen LogP contribution < -0.4 is 10.2 Å². The van der Waals surface area contributed by atoms with Crippen molar-refractivity contribution in [3.05, 3.63) is 0 Å². The summed E-state index contributed by atoms with van der Waals surface area (Å²) in [6, 6.07) is 0. The van der Waals surface area contributed by atoms with Gasteiger partial charge in [0.25, 0.3) is 0 Å². The zero-order chi connectivity index (χ0) is 24.3. The van der Waals surface area contributed by atoms with Crippen molar-refractivity contribution in [2.75, 3.05) is 0 Å². The molecule has 2 atom stereocenters. The first-order chi connectivity index (χ1) is 14.8. The van der Waals surface area contributed by atoms with Gasteiger partial charge in [-0.05, 0) is 12.8 Å². The molecule has 0 bridgehead atoms. The van der Waals surface area contributed by atoms with Crippen LogP contribution in [-0.2, 0) is 9.59 Å². The van der Waals surface area contributed by atoms with Crippen LogP contribution in [0.4, 0.5) is 0 Å². The van der Waals surface area contributed by atoms with E-state index in [0.29, 0.717) is 12.8 Å². The normalized spacial score (nSPS) is 11.8. The van der Waals surface area contributed by atoms with Crippen molar-refractivity contribution in [2.24, 2.45) is 0 Å². The van der Waals surface area contributed by atoms with Crippen molar-refractivity contribution < 1.29 is 19.8 Å². The first-order valence-electron chi connectivity index (χ1n) is 12.1. The van der Waals surface area contributed by atoms with Gasteiger partial charge in [-0.1, -0.05) is 104 Å². The number of hydrogen-bond donors (Lipinski definition) is 2. The van der Waals surface area contributed by atoms with Crippen molar-refractivity contribution in [3.63, 3.8) is 0 Å². The number of unbranched alkanes of at least 4 members (excludes halogenated alkanes) is 12. The van der Waals surface area contributed by atoms with Crippen LogP contribution in [0.25, 0.3) is 0 Å². The molecule has 0 aromatic rings. The van der Waals surface area contributed by atoms with Gasteiger partial charge in [-0.15, -0.1) is 0 Å². The molecule has 0 saturated heterocycles. The van der Waals surface area contributed by atoms with E-state index in [9.17, 15) is 19.8 Å². The molecule has 0 rings (SSSR count). The van der Waals surface area contributed by atoms with Crippen molar-refractivity contribution in [1.82, 2.24) is 0 Å². The molecule has 0 amide bonds. The second-order valence-corrected chi connectivity index (χ2v) is 12.1. The van der Waals surface area contributed by atoms with Crippen LogP contribution in [0.5, 0.6) is 0 Å². The van der Waals surface area contributed by atoms with Gasteiger partial charge in [-0.2, -0.15) is 25.3 Å². The van der Waals surface area contributed by atoms with Crippen molar-refractivity contribution in [2.45, 2.75) is 137 Å². The van der Waals surface area contributed by atoms with E-state index in [4.69, 9.17) is 0 Å². The summed E-state index contributed by atoms with van der Waals surface area (Å²) in [5.74, 6) is -2.08. The minimum atomic E-state index is -1.04. The fourth-order valence-electron chi connectivity index (χ4n) is 2.83. The van der Waals surface area contributed by atoms with Crippen molar-refractivity contribution in [3.8, 4) is 0 Å². The Kier molecular flexibility index (Phi) is 35.4. The minimum absolute atomic E-state index is 0.230. The predicted molar refractivity (Wildman–Crippen MR) is 138 cm³/mol. The Hall–Kier alpha value is 0.439. The van der Waals surface area contributed by atoms with E-state index in [1.165, 1.54) is 64.2 Å². The van der Waals surface area contributed by atoms with Crippen LogP contribution >= 0.6 is 25.3 Å². The predicted octanol–water partition coefficient (Wildman–Crippen LogP) is 5.14. The van der Waals surface area contributed by atoms with Gasteiger partial charge >= 0.3 is 31.0 Å². The van der Waals surface area contributed by atoms with Crippen molar-refractivity contribution >= 4 is 58.3 Å². The molecule has 31 heavy (non-hydrogen) atoms. The molecule has 2 unspecified atom stereocenters. The quantitative estimate of drug-likeness (QED) is 0.133. The first kappa shape index (κ1) is 36.0.